The van der Waals surface area contributed by atoms with Crippen molar-refractivity contribution in [1.82, 2.24) is 4.90 Å². The fourth-order valence-electron chi connectivity index (χ4n) is 5.48. The maximum Gasteiger partial charge on any atom is 0.316 e. The first-order valence-electron chi connectivity index (χ1n) is 9.81. The number of likely N-dealkylation sites (tertiary alicyclic amines) is 1. The van der Waals surface area contributed by atoms with Crippen LogP contribution in [0, 0.1) is 17.3 Å². The zero-order valence-electron chi connectivity index (χ0n) is 15.7. The Balaban J connectivity index is 1.66. The van der Waals surface area contributed by atoms with Crippen LogP contribution < -0.4 is 0 Å². The predicted molar refractivity (Wildman–Crippen MR) is 97.5 cm³/mol. The average Bonchev–Trinajstić information content (AvgIpc) is 2.93. The predicted octanol–water partition coefficient (Wildman–Crippen LogP) is 1.76. The lowest BCUT2D eigenvalue weighted by Gasteiger charge is -2.58. The molecule has 27 heavy (non-hydrogen) atoms. The third-order valence-electron chi connectivity index (χ3n) is 6.71. The third-order valence-corrected chi connectivity index (χ3v) is 6.71. The van der Waals surface area contributed by atoms with Crippen molar-refractivity contribution in [2.24, 2.45) is 17.3 Å². The lowest BCUT2D eigenvalue weighted by molar-refractivity contribution is -0.218. The topological polar surface area (TPSA) is 76.1 Å². The Morgan fingerprint density at radius 2 is 2.04 bits per heavy atom. The van der Waals surface area contributed by atoms with Gasteiger partial charge in [-0.1, -0.05) is 30.3 Å². The van der Waals surface area contributed by atoms with Gasteiger partial charge in [0, 0.05) is 31.5 Å². The molecule has 0 radical (unpaired) electrons. The number of hydrogen-bond donors (Lipinski definition) is 1. The van der Waals surface area contributed by atoms with E-state index in [4.69, 9.17) is 9.47 Å². The van der Waals surface area contributed by atoms with Crippen LogP contribution >= 0.6 is 0 Å². The van der Waals surface area contributed by atoms with Crippen molar-refractivity contribution in [1.29, 1.82) is 0 Å². The maximum absolute atomic E-state index is 12.9. The number of ether oxygens (including phenoxy) is 2. The van der Waals surface area contributed by atoms with Crippen LogP contribution in [0.3, 0.4) is 0 Å². The molecule has 2 bridgehead atoms. The van der Waals surface area contributed by atoms with Crippen molar-refractivity contribution in [3.8, 4) is 0 Å². The summed E-state index contributed by atoms with van der Waals surface area (Å²) in [6.45, 7) is 4.13. The van der Waals surface area contributed by atoms with Gasteiger partial charge < -0.3 is 14.6 Å². The Kier molecular flexibility index (Phi) is 4.72. The summed E-state index contributed by atoms with van der Waals surface area (Å²) in [7, 11) is 0. The summed E-state index contributed by atoms with van der Waals surface area (Å²) in [6.07, 6.45) is 1.49. The van der Waals surface area contributed by atoms with Crippen molar-refractivity contribution in [3.63, 3.8) is 0 Å². The summed E-state index contributed by atoms with van der Waals surface area (Å²) in [5.74, 6) is -1.01. The lowest BCUT2D eigenvalue weighted by Crippen LogP contribution is -2.71. The van der Waals surface area contributed by atoms with Gasteiger partial charge in [-0.15, -0.1) is 0 Å². The Hall–Kier alpha value is -1.92. The normalized spacial score (nSPS) is 35.4. The molecule has 1 aromatic rings. The van der Waals surface area contributed by atoms with Gasteiger partial charge in [0.2, 0.25) is 0 Å². The lowest BCUT2D eigenvalue weighted by atomic mass is 9.51. The standard InChI is InChI=1S/C21H27NO5/c1-2-26-18(23)10-21(25)16-8-9-17-13-27-19(24)20(17,21)14-22(12-16)11-15-6-4-3-5-7-15/h3-7,16-17,25H,2,8-14H2,1H3/t16-,17-,20-,21-/m0/s1. The number of carbonyl (C=O) groups is 2. The fraction of sp³-hybridized carbons (Fsp3) is 0.619. The van der Waals surface area contributed by atoms with Crippen LogP contribution in [-0.2, 0) is 25.6 Å². The summed E-state index contributed by atoms with van der Waals surface area (Å²) in [5.41, 5.74) is -1.27. The molecule has 4 atom stereocenters. The molecule has 0 amide bonds. The van der Waals surface area contributed by atoms with E-state index in [-0.39, 0.29) is 30.8 Å². The molecule has 2 saturated heterocycles. The minimum absolute atomic E-state index is 0.0563. The van der Waals surface area contributed by atoms with E-state index in [1.54, 1.807) is 6.92 Å². The molecule has 0 unspecified atom stereocenters. The van der Waals surface area contributed by atoms with Gasteiger partial charge in [0.25, 0.3) is 0 Å². The van der Waals surface area contributed by atoms with E-state index < -0.39 is 17.0 Å². The van der Waals surface area contributed by atoms with Crippen LogP contribution in [0.2, 0.25) is 0 Å². The van der Waals surface area contributed by atoms with E-state index >= 15 is 0 Å². The molecule has 0 aromatic heterocycles. The summed E-state index contributed by atoms with van der Waals surface area (Å²) < 4.78 is 10.5. The molecule has 1 N–H and O–H groups in total. The van der Waals surface area contributed by atoms with Gasteiger partial charge in [-0.25, -0.2) is 0 Å². The molecule has 6 nitrogen and oxygen atoms in total. The number of esters is 2. The molecule has 1 spiro atoms. The molecule has 3 aliphatic rings. The highest BCUT2D eigenvalue weighted by molar-refractivity contribution is 5.84. The first-order chi connectivity index (χ1) is 13.0. The highest BCUT2D eigenvalue weighted by Gasteiger charge is 2.71. The summed E-state index contributed by atoms with van der Waals surface area (Å²) in [4.78, 5) is 27.4. The first-order valence-corrected chi connectivity index (χ1v) is 9.81. The number of aliphatic hydroxyl groups is 1. The molecule has 1 saturated carbocycles. The Labute approximate surface area is 159 Å². The van der Waals surface area contributed by atoms with Gasteiger partial charge in [0.05, 0.1) is 25.2 Å². The third kappa shape index (κ3) is 2.86. The maximum atomic E-state index is 12.9. The number of piperidine rings is 1. The van der Waals surface area contributed by atoms with Crippen LogP contribution in [0.25, 0.3) is 0 Å². The van der Waals surface area contributed by atoms with Crippen molar-refractivity contribution in [2.75, 3.05) is 26.3 Å². The summed E-state index contributed by atoms with van der Waals surface area (Å²) in [6, 6.07) is 10.1. The Morgan fingerprint density at radius 1 is 1.30 bits per heavy atom. The molecular weight excluding hydrogens is 346 g/mol. The number of nitrogens with zero attached hydrogens (tertiary/aromatic N) is 1. The Morgan fingerprint density at radius 3 is 2.78 bits per heavy atom. The Bertz CT molecular complexity index is 723. The van der Waals surface area contributed by atoms with E-state index in [9.17, 15) is 14.7 Å². The molecule has 2 aliphatic heterocycles. The SMILES string of the molecule is CCOC(=O)C[C@]1(O)[C@H]2CC[C@H]3COC(=O)[C@]31CN(Cc1ccccc1)C2. The molecule has 3 fully saturated rings. The molecule has 2 heterocycles. The smallest absolute Gasteiger partial charge is 0.316 e. The van der Waals surface area contributed by atoms with Crippen LogP contribution in [0.15, 0.2) is 30.3 Å². The highest BCUT2D eigenvalue weighted by atomic mass is 16.5. The second-order valence-corrected chi connectivity index (χ2v) is 8.10. The largest absolute Gasteiger partial charge is 0.466 e. The summed E-state index contributed by atoms with van der Waals surface area (Å²) >= 11 is 0. The number of hydrogen-bond acceptors (Lipinski definition) is 6. The summed E-state index contributed by atoms with van der Waals surface area (Å²) in [5, 5.41) is 11.7. The van der Waals surface area contributed by atoms with Crippen molar-refractivity contribution >= 4 is 11.9 Å². The molecule has 1 aromatic carbocycles. The minimum Gasteiger partial charge on any atom is -0.466 e. The van der Waals surface area contributed by atoms with E-state index in [2.05, 4.69) is 17.0 Å². The van der Waals surface area contributed by atoms with Gasteiger partial charge in [0.15, 0.2) is 0 Å². The van der Waals surface area contributed by atoms with Crippen LogP contribution in [0.4, 0.5) is 0 Å². The number of carbonyl (C=O) groups excluding carboxylic acids is 2. The van der Waals surface area contributed by atoms with Crippen LogP contribution in [0.5, 0.6) is 0 Å². The quantitative estimate of drug-likeness (QED) is 0.793. The van der Waals surface area contributed by atoms with E-state index in [0.717, 1.165) is 12.8 Å². The number of benzene rings is 1. The van der Waals surface area contributed by atoms with Gasteiger partial charge in [-0.05, 0) is 25.3 Å². The number of rotatable bonds is 5. The second kappa shape index (κ2) is 6.91. The molecule has 146 valence electrons. The molecule has 4 rings (SSSR count). The fourth-order valence-corrected chi connectivity index (χ4v) is 5.48. The zero-order valence-corrected chi connectivity index (χ0v) is 15.7. The van der Waals surface area contributed by atoms with Crippen LogP contribution in [0.1, 0.15) is 31.7 Å². The monoisotopic (exact) mass is 373 g/mol. The van der Waals surface area contributed by atoms with E-state index in [0.29, 0.717) is 26.2 Å². The van der Waals surface area contributed by atoms with Gasteiger partial charge >= 0.3 is 11.9 Å². The first kappa shape index (κ1) is 18.4. The second-order valence-electron chi connectivity index (χ2n) is 8.10. The molecule has 1 aliphatic carbocycles. The highest BCUT2D eigenvalue weighted by Crippen LogP contribution is 2.59. The molecule has 6 heteroatoms. The number of cyclic esters (lactones) is 1. The van der Waals surface area contributed by atoms with Gasteiger partial charge in [-0.3, -0.25) is 14.5 Å². The van der Waals surface area contributed by atoms with E-state index in [1.165, 1.54) is 5.56 Å². The van der Waals surface area contributed by atoms with Gasteiger partial charge in [-0.2, -0.15) is 0 Å². The van der Waals surface area contributed by atoms with Crippen LogP contribution in [-0.4, -0.2) is 53.8 Å². The minimum atomic E-state index is -1.40. The van der Waals surface area contributed by atoms with Crippen molar-refractivity contribution < 1.29 is 24.2 Å². The van der Waals surface area contributed by atoms with Crippen molar-refractivity contribution in [2.45, 2.75) is 38.3 Å². The zero-order chi connectivity index (χ0) is 19.1. The van der Waals surface area contributed by atoms with Gasteiger partial charge in [0.1, 0.15) is 5.41 Å². The van der Waals surface area contributed by atoms with Crippen molar-refractivity contribution in [3.05, 3.63) is 35.9 Å². The van der Waals surface area contributed by atoms with E-state index in [1.807, 2.05) is 18.2 Å². The number of fused-ring (bicyclic) bond motifs is 1. The average molecular weight is 373 g/mol. The molecular formula is C21H27NO5.